The molecule has 0 amide bonds. The lowest BCUT2D eigenvalue weighted by atomic mass is 10.3. The summed E-state index contributed by atoms with van der Waals surface area (Å²) in [6, 6.07) is 8.47. The summed E-state index contributed by atoms with van der Waals surface area (Å²) in [4.78, 5) is 3.36. The van der Waals surface area contributed by atoms with Crippen LogP contribution in [0.15, 0.2) is 47.4 Å². The molecule has 1 aromatic carbocycles. The summed E-state index contributed by atoms with van der Waals surface area (Å²) in [6.07, 6.45) is -4.57. The summed E-state index contributed by atoms with van der Waals surface area (Å²) in [5, 5.41) is 0. The average Bonchev–Trinajstić information content (AvgIpc) is 2.47. The van der Waals surface area contributed by atoms with Crippen LogP contribution in [-0.4, -0.2) is 20.4 Å². The molecule has 0 saturated heterocycles. The lowest BCUT2D eigenvalue weighted by molar-refractivity contribution is -0.141. The Balaban J connectivity index is 2.22. The number of sulfonamides is 1. The first kappa shape index (κ1) is 16.2. The van der Waals surface area contributed by atoms with Gasteiger partial charge in [-0.3, -0.25) is 0 Å². The molecule has 2 rings (SSSR count). The number of nitrogens with one attached hydrogen (secondary N) is 1. The second-order valence-corrected chi connectivity index (χ2v) is 6.03. The van der Waals surface area contributed by atoms with Gasteiger partial charge in [0.15, 0.2) is 0 Å². The van der Waals surface area contributed by atoms with Crippen molar-refractivity contribution in [3.8, 4) is 11.6 Å². The highest BCUT2D eigenvalue weighted by atomic mass is 32.2. The van der Waals surface area contributed by atoms with E-state index in [4.69, 9.17) is 4.74 Å². The Morgan fingerprint density at radius 3 is 2.27 bits per heavy atom. The summed E-state index contributed by atoms with van der Waals surface area (Å²) in [5.41, 5.74) is -1.07. The van der Waals surface area contributed by atoms with Crippen molar-refractivity contribution in [1.29, 1.82) is 0 Å². The SMILES string of the molecule is CNS(=O)(=O)c1ccc(Oc2cccc(C(F)(F)F)n2)cc1. The summed E-state index contributed by atoms with van der Waals surface area (Å²) in [7, 11) is -2.31. The van der Waals surface area contributed by atoms with Crippen molar-refractivity contribution in [3.05, 3.63) is 48.2 Å². The Hall–Kier alpha value is -2.13. The van der Waals surface area contributed by atoms with Crippen LogP contribution in [0.25, 0.3) is 0 Å². The van der Waals surface area contributed by atoms with Gasteiger partial charge in [-0.15, -0.1) is 0 Å². The van der Waals surface area contributed by atoms with Gasteiger partial charge in [0.1, 0.15) is 11.4 Å². The molecule has 0 saturated carbocycles. The van der Waals surface area contributed by atoms with E-state index in [-0.39, 0.29) is 16.5 Å². The number of halogens is 3. The fourth-order valence-corrected chi connectivity index (χ4v) is 2.29. The average molecular weight is 332 g/mol. The van der Waals surface area contributed by atoms with Crippen LogP contribution in [0.5, 0.6) is 11.6 Å². The van der Waals surface area contributed by atoms with E-state index in [2.05, 4.69) is 9.71 Å². The van der Waals surface area contributed by atoms with E-state index >= 15 is 0 Å². The smallest absolute Gasteiger partial charge is 0.433 e. The maximum Gasteiger partial charge on any atom is 0.433 e. The van der Waals surface area contributed by atoms with Crippen LogP contribution in [-0.2, 0) is 16.2 Å². The first-order valence-electron chi connectivity index (χ1n) is 5.98. The largest absolute Gasteiger partial charge is 0.439 e. The van der Waals surface area contributed by atoms with E-state index in [1.54, 1.807) is 0 Å². The highest BCUT2D eigenvalue weighted by Gasteiger charge is 2.32. The quantitative estimate of drug-likeness (QED) is 0.935. The van der Waals surface area contributed by atoms with E-state index in [0.717, 1.165) is 6.07 Å². The normalized spacial score (nSPS) is 12.2. The monoisotopic (exact) mass is 332 g/mol. The molecule has 1 aromatic heterocycles. The molecular weight excluding hydrogens is 321 g/mol. The van der Waals surface area contributed by atoms with E-state index in [0.29, 0.717) is 0 Å². The Kier molecular flexibility index (Phi) is 4.38. The lowest BCUT2D eigenvalue weighted by Crippen LogP contribution is -2.18. The van der Waals surface area contributed by atoms with Crippen molar-refractivity contribution >= 4 is 10.0 Å². The summed E-state index contributed by atoms with van der Waals surface area (Å²) >= 11 is 0. The Bertz CT molecular complexity index is 759. The highest BCUT2D eigenvalue weighted by Crippen LogP contribution is 2.30. The molecule has 1 heterocycles. The molecule has 5 nitrogen and oxygen atoms in total. The zero-order valence-corrected chi connectivity index (χ0v) is 12.1. The molecule has 0 fully saturated rings. The molecule has 118 valence electrons. The number of aromatic nitrogens is 1. The fourth-order valence-electron chi connectivity index (χ4n) is 1.55. The topological polar surface area (TPSA) is 68.3 Å². The van der Waals surface area contributed by atoms with Crippen LogP contribution in [0.3, 0.4) is 0 Å². The van der Waals surface area contributed by atoms with Crippen LogP contribution >= 0.6 is 0 Å². The molecule has 2 aromatic rings. The molecule has 1 N–H and O–H groups in total. The van der Waals surface area contributed by atoms with Gasteiger partial charge in [0, 0.05) is 6.07 Å². The third-order valence-electron chi connectivity index (χ3n) is 2.64. The van der Waals surface area contributed by atoms with Crippen LogP contribution in [0, 0.1) is 0 Å². The summed E-state index contributed by atoms with van der Waals surface area (Å²) < 4.78 is 68.0. The van der Waals surface area contributed by atoms with E-state index in [9.17, 15) is 21.6 Å². The molecule has 0 bridgehead atoms. The van der Waals surface area contributed by atoms with Gasteiger partial charge in [-0.2, -0.15) is 13.2 Å². The highest BCUT2D eigenvalue weighted by molar-refractivity contribution is 7.89. The van der Waals surface area contributed by atoms with Crippen molar-refractivity contribution in [3.63, 3.8) is 0 Å². The minimum Gasteiger partial charge on any atom is -0.439 e. The van der Waals surface area contributed by atoms with Crippen molar-refractivity contribution in [2.45, 2.75) is 11.1 Å². The Labute approximate surface area is 124 Å². The number of rotatable bonds is 4. The maximum absolute atomic E-state index is 12.5. The number of alkyl halides is 3. The van der Waals surface area contributed by atoms with Crippen molar-refractivity contribution in [2.75, 3.05) is 7.05 Å². The van der Waals surface area contributed by atoms with Gasteiger partial charge >= 0.3 is 6.18 Å². The third-order valence-corrected chi connectivity index (χ3v) is 4.07. The zero-order valence-electron chi connectivity index (χ0n) is 11.3. The summed E-state index contributed by atoms with van der Waals surface area (Å²) in [5.74, 6) is -0.0686. The van der Waals surface area contributed by atoms with Gasteiger partial charge in [0.25, 0.3) is 0 Å². The molecular formula is C13H11F3N2O3S. The first-order chi connectivity index (χ1) is 10.2. The van der Waals surface area contributed by atoms with Gasteiger partial charge in [-0.1, -0.05) is 6.07 Å². The van der Waals surface area contributed by atoms with E-state index in [1.807, 2.05) is 0 Å². The van der Waals surface area contributed by atoms with Crippen LogP contribution in [0.2, 0.25) is 0 Å². The fraction of sp³-hybridized carbons (Fsp3) is 0.154. The van der Waals surface area contributed by atoms with Crippen LogP contribution in [0.1, 0.15) is 5.69 Å². The molecule has 0 spiro atoms. The number of pyridine rings is 1. The second kappa shape index (κ2) is 5.93. The van der Waals surface area contributed by atoms with Gasteiger partial charge in [0.05, 0.1) is 4.90 Å². The molecule has 0 aliphatic heterocycles. The minimum absolute atomic E-state index is 0.0133. The maximum atomic E-state index is 12.5. The number of hydrogen-bond donors (Lipinski definition) is 1. The number of nitrogens with zero attached hydrogens (tertiary/aromatic N) is 1. The molecule has 0 atom stereocenters. The predicted molar refractivity (Wildman–Crippen MR) is 72.0 cm³/mol. The Morgan fingerprint density at radius 2 is 1.73 bits per heavy atom. The predicted octanol–water partition coefficient (Wildman–Crippen LogP) is 2.80. The van der Waals surface area contributed by atoms with E-state index < -0.39 is 21.9 Å². The second-order valence-electron chi connectivity index (χ2n) is 4.14. The zero-order chi connectivity index (χ0) is 16.4. The minimum atomic E-state index is -4.57. The summed E-state index contributed by atoms with van der Waals surface area (Å²) in [6.45, 7) is 0. The van der Waals surface area contributed by atoms with Gasteiger partial charge in [0.2, 0.25) is 15.9 Å². The van der Waals surface area contributed by atoms with Gasteiger partial charge in [-0.05, 0) is 37.4 Å². The molecule has 0 aliphatic rings. The standard InChI is InChI=1S/C13H11F3N2O3S/c1-17-22(19,20)10-7-5-9(6-8-10)21-12-4-2-3-11(18-12)13(14,15)16/h2-8,17H,1H3. The van der Waals surface area contributed by atoms with Gasteiger partial charge < -0.3 is 4.74 Å². The molecule has 9 heteroatoms. The van der Waals surface area contributed by atoms with Crippen molar-refractivity contribution in [1.82, 2.24) is 9.71 Å². The van der Waals surface area contributed by atoms with Crippen molar-refractivity contribution in [2.24, 2.45) is 0 Å². The van der Waals surface area contributed by atoms with Gasteiger partial charge in [-0.25, -0.2) is 18.1 Å². The van der Waals surface area contributed by atoms with E-state index in [1.165, 1.54) is 43.4 Å². The number of ether oxygens (including phenoxy) is 1. The number of hydrogen-bond acceptors (Lipinski definition) is 4. The molecule has 22 heavy (non-hydrogen) atoms. The number of benzene rings is 1. The van der Waals surface area contributed by atoms with Crippen molar-refractivity contribution < 1.29 is 26.3 Å². The lowest BCUT2D eigenvalue weighted by Gasteiger charge is -2.09. The van der Waals surface area contributed by atoms with Crippen LogP contribution in [0.4, 0.5) is 13.2 Å². The third kappa shape index (κ3) is 3.74. The Morgan fingerprint density at radius 1 is 1.09 bits per heavy atom. The molecule has 0 radical (unpaired) electrons. The van der Waals surface area contributed by atoms with Crippen LogP contribution < -0.4 is 9.46 Å². The molecule has 0 aliphatic carbocycles. The first-order valence-corrected chi connectivity index (χ1v) is 7.46. The molecule has 0 unspecified atom stereocenters.